The van der Waals surface area contributed by atoms with E-state index in [-0.39, 0.29) is 135 Å². The van der Waals surface area contributed by atoms with E-state index in [9.17, 15) is 63.1 Å². The highest BCUT2D eigenvalue weighted by molar-refractivity contribution is 6.68. The number of aromatic carboxylic acids is 1. The lowest BCUT2D eigenvalue weighted by Crippen LogP contribution is -2.31. The maximum absolute atomic E-state index is 13.1. The van der Waals surface area contributed by atoms with E-state index in [2.05, 4.69) is 140 Å². The Hall–Kier alpha value is -10.2. The highest BCUT2D eigenvalue weighted by Gasteiger charge is 2.29. The van der Waals surface area contributed by atoms with Crippen LogP contribution in [-0.2, 0) is 27.3 Å². The number of hydrogen-bond donors (Lipinski definition) is 17. The predicted octanol–water partition coefficient (Wildman–Crippen LogP) is 16.0. The zero-order valence-corrected chi connectivity index (χ0v) is 83.9. The second-order valence-corrected chi connectivity index (χ2v) is 34.9. The molecule has 6 heterocycles. The summed E-state index contributed by atoms with van der Waals surface area (Å²) in [6.45, 7) is 12.4. The Morgan fingerprint density at radius 1 is 0.393 bits per heavy atom. The first-order valence-electron chi connectivity index (χ1n) is 46.5. The molecule has 0 radical (unpaired) electrons. The average Bonchev–Trinajstić information content (AvgIpc) is 0.835. The third-order valence-corrected chi connectivity index (χ3v) is 23.2. The fraction of sp³-hybridized carbons (Fsp3) is 0.553. The Kier molecular flexibility index (Phi) is 60.1. The van der Waals surface area contributed by atoms with Gasteiger partial charge in [0.05, 0.1) is 57.4 Å². The number of nitrogens with one attached hydrogen (secondary N) is 8. The second kappa shape index (κ2) is 68.9. The van der Waals surface area contributed by atoms with Crippen molar-refractivity contribution in [1.29, 1.82) is 0 Å². The molecule has 1 amide bonds. The zero-order chi connectivity index (χ0) is 102. The van der Waals surface area contributed by atoms with E-state index >= 15 is 0 Å². The van der Waals surface area contributed by atoms with Gasteiger partial charge in [0, 0.05) is 100 Å². The van der Waals surface area contributed by atoms with E-state index in [0.717, 1.165) is 204 Å². The van der Waals surface area contributed by atoms with Crippen LogP contribution in [0.5, 0.6) is 0 Å². The number of benzene rings is 2. The number of carbonyl (C=O) groups excluding carboxylic acids is 5. The van der Waals surface area contributed by atoms with Crippen molar-refractivity contribution < 1.29 is 82.4 Å². The molecule has 8 aromatic rings. The molecule has 20 N–H and O–H groups in total. The minimum Gasteiger partial charge on any atom is -0.477 e. The van der Waals surface area contributed by atoms with Gasteiger partial charge in [0.2, 0.25) is 33.7 Å². The van der Waals surface area contributed by atoms with E-state index in [0.29, 0.717) is 64.8 Å². The van der Waals surface area contributed by atoms with Crippen molar-refractivity contribution >= 4 is 146 Å². The molecule has 6 aromatic heterocycles. The third kappa shape index (κ3) is 47.6. The highest BCUT2D eigenvalue weighted by atomic mass is 35.5. The van der Waals surface area contributed by atoms with E-state index < -0.39 is 29.1 Å². The molecule has 5 fully saturated rings. The quantitative estimate of drug-likeness (QED) is 0.00479. The van der Waals surface area contributed by atoms with Gasteiger partial charge in [-0.1, -0.05) is 108 Å². The number of aliphatic hydroxyl groups is 5. The minimum atomic E-state index is -1.04. The number of aromatic nitrogens is 12. The molecule has 0 aliphatic heterocycles. The fourth-order valence-electron chi connectivity index (χ4n) is 13.7. The summed E-state index contributed by atoms with van der Waals surface area (Å²) >= 11 is 32.7. The first kappa shape index (κ1) is 122. The van der Waals surface area contributed by atoms with E-state index in [1.807, 2.05) is 0 Å². The number of ether oxygens (including phenoxy) is 3. The molecular weight excluding hydrogens is 1940 g/mol. The summed E-state index contributed by atoms with van der Waals surface area (Å²) in [6, 6.07) is 13.2. The molecule has 5 aliphatic rings. The largest absolute Gasteiger partial charge is 0.477 e. The van der Waals surface area contributed by atoms with Gasteiger partial charge in [-0.3, -0.25) is 9.59 Å². The molecule has 2 aromatic carbocycles. The number of hydrogen-bond acceptors (Lipinski definition) is 36. The van der Waals surface area contributed by atoms with Crippen molar-refractivity contribution in [3.05, 3.63) is 168 Å². The van der Waals surface area contributed by atoms with Gasteiger partial charge in [0.25, 0.3) is 11.1 Å². The highest BCUT2D eigenvalue weighted by Crippen LogP contribution is 2.30. The van der Waals surface area contributed by atoms with Crippen LogP contribution in [0.25, 0.3) is 0 Å². The third-order valence-electron chi connectivity index (χ3n) is 21.9. The Bertz CT molecular complexity index is 4950. The van der Waals surface area contributed by atoms with Crippen LogP contribution in [0.3, 0.4) is 0 Å². The number of carbonyl (C=O) groups is 6. The number of unbranched alkanes of at least 4 members (excludes halogenated alkanes) is 4. The number of anilines is 7. The van der Waals surface area contributed by atoms with Crippen molar-refractivity contribution in [1.82, 2.24) is 65.1 Å². The van der Waals surface area contributed by atoms with Crippen LogP contribution >= 0.6 is 69.6 Å². The normalized spacial score (nSPS) is 18.6. The maximum atomic E-state index is 13.1. The Morgan fingerprint density at radius 3 is 1.00 bits per heavy atom. The number of carboxylic acids is 1. The predicted molar refractivity (Wildman–Crippen MR) is 541 cm³/mol. The van der Waals surface area contributed by atoms with Crippen molar-refractivity contribution in [2.75, 3.05) is 84.7 Å². The summed E-state index contributed by atoms with van der Waals surface area (Å²) in [5, 5.41) is 81.3. The van der Waals surface area contributed by atoms with Crippen LogP contribution in [-0.4, -0.2) is 234 Å². The number of nitrogens with zero attached hydrogens (tertiary/aromatic N) is 12. The molecular formula is C94H137Cl6F2N23O15. The second-order valence-electron chi connectivity index (χ2n) is 32.8. The van der Waals surface area contributed by atoms with Crippen LogP contribution in [0.2, 0.25) is 26.2 Å². The fourth-order valence-corrected chi connectivity index (χ4v) is 14.8. The van der Waals surface area contributed by atoms with Gasteiger partial charge < -0.3 is 105 Å². The summed E-state index contributed by atoms with van der Waals surface area (Å²) in [4.78, 5) is 117. The number of halogens is 8. The molecule has 5 aliphatic carbocycles. The van der Waals surface area contributed by atoms with Crippen molar-refractivity contribution in [2.45, 2.75) is 289 Å². The Labute approximate surface area is 846 Å². The Balaban J connectivity index is 0.000000342. The van der Waals surface area contributed by atoms with E-state index in [1.54, 1.807) is 24.3 Å². The Morgan fingerprint density at radius 2 is 0.686 bits per heavy atom. The van der Waals surface area contributed by atoms with E-state index in [1.165, 1.54) is 95.6 Å². The molecule has 140 heavy (non-hydrogen) atoms. The van der Waals surface area contributed by atoms with Gasteiger partial charge in [-0.15, -0.1) is 0 Å². The number of amides is 1. The van der Waals surface area contributed by atoms with Crippen molar-refractivity contribution in [3.63, 3.8) is 0 Å². The zero-order valence-electron chi connectivity index (χ0n) is 79.4. The summed E-state index contributed by atoms with van der Waals surface area (Å²) in [6.07, 6.45) is 32.1. The molecule has 774 valence electrons. The molecule has 46 heteroatoms. The molecule has 0 spiro atoms. The molecule has 38 nitrogen and oxygen atoms in total. The number of aliphatic hydroxyl groups excluding tert-OH is 5. The number of methoxy groups -OCH3 is 3. The number of nitrogens with two attached hydrogens (primary N) is 3. The topological polar surface area (TPSA) is 580 Å². The molecule has 0 unspecified atom stereocenters. The molecule has 0 saturated heterocycles. The van der Waals surface area contributed by atoms with Crippen LogP contribution in [0.4, 0.5) is 49.9 Å². The number of esters is 3. The van der Waals surface area contributed by atoms with Gasteiger partial charge in [-0.25, -0.2) is 67.8 Å². The smallest absolute Gasteiger partial charge is 0.343 e. The lowest BCUT2D eigenvalue weighted by molar-refractivity contribution is 0.0591. The lowest BCUT2D eigenvalue weighted by atomic mass is 9.93. The van der Waals surface area contributed by atoms with Gasteiger partial charge >= 0.3 is 23.9 Å². The molecule has 13 rings (SSSR count). The average molecular weight is 2080 g/mol. The van der Waals surface area contributed by atoms with Gasteiger partial charge in [-0.2, -0.15) is 19.9 Å². The van der Waals surface area contributed by atoms with Gasteiger partial charge in [0.15, 0.2) is 0 Å². The molecule has 5 saturated carbocycles. The van der Waals surface area contributed by atoms with E-state index in [4.69, 9.17) is 96.7 Å². The maximum Gasteiger partial charge on any atom is 0.343 e. The summed E-state index contributed by atoms with van der Waals surface area (Å²) in [7, 11) is 3.89. The van der Waals surface area contributed by atoms with Crippen LogP contribution in [0.1, 0.15) is 288 Å². The first-order chi connectivity index (χ1) is 66.7. The minimum absolute atomic E-state index is 0. The summed E-state index contributed by atoms with van der Waals surface area (Å²) in [5.41, 5.74) is 19.0. The van der Waals surface area contributed by atoms with Gasteiger partial charge in [-0.05, 0) is 242 Å². The first-order valence-corrected chi connectivity index (χ1v) is 48.7. The number of carboxylic acid groups (broad SMARTS) is 1. The number of rotatable bonds is 31. The molecule has 0 bridgehead atoms. The van der Waals surface area contributed by atoms with Crippen LogP contribution in [0, 0.1) is 11.6 Å². The summed E-state index contributed by atoms with van der Waals surface area (Å²) in [5.74, 6) is -0.268. The SMILES string of the molecule is C.CCCCN.CCCCNc1ncc(C(=O)NCc2ccc(F)cc2)c(NC2CCC(O)CC2)n1.CCCCNc1ncc(C(=O)O)c(NC2CCC(O)CC2)n1.CCCCNc1ncc(C(=O)OC)c(NC2CCC(O)CC2)n1.COC(=O)c1cnc(Cl)nc1Cl.COC(=O)c1cnc(Cl)nc1NC1CCC(O)CC1.NC1CCC(O)CC1.NCc1ccc(F)cc1.O=C(Cl)c1cnc(Cl)nc1Cl. The van der Waals surface area contributed by atoms with Crippen molar-refractivity contribution in [2.24, 2.45) is 17.2 Å². The standard InChI is InChI=1S/C22H30FN5O2.C16H26N4O3.C15H24N4O3.C12H16ClN3O3.C7H8FN.C6H4Cl2N2O2.C6H13NO.C5HCl3N2O.C4H11N.CH4/c1-2-3-12-24-22-26-14-19(20(28-22)27-17-8-10-18(29)11-9-17)21(30)25-13-15-4-6-16(23)7-5-15;1-3-4-9-17-16-18-10-13(15(22)23-2)14(20-16)19-11-5-7-12(21)8-6-11;1-2-3-8-16-15-17-9-12(14(21)22)13(19-15)18-10-4-6-11(20)7-5-10;1-19-11(18)9-6-14-12(13)16-10(9)15-7-2-4-8(17)5-3-7;8-7-3-1-6(5-9)2-4-7;1-12-5(11)3-2-9-6(8)10-4(3)7;7-5-1-3-6(8)4-2-5;6-3-2(4(7)11)1-9-5(8)10-3;1-2-3-4-5;/h4-7,14,17-18,29H,2-3,8-13H2,1H3,(H,25,30)(H2,24,26,27,28);10-12,21H,3-9H2,1-2H3,(H2,17,18,19,20);9-11,20H,2-8H2,1H3,(H,21,22)(H2,16,17,18,19);6-8,17H,2-5H2,1H3,(H,14,15,16);1-4H,5,9H2;2H,1H3;5-6,8H,1-4,7H2;1H;2-5H2,1H3;1H4. The van der Waals surface area contributed by atoms with Crippen molar-refractivity contribution in [3.8, 4) is 0 Å². The summed E-state index contributed by atoms with van der Waals surface area (Å²) < 4.78 is 39.1. The molecule has 0 atom stereocenters. The van der Waals surface area contributed by atoms with Crippen LogP contribution in [0.15, 0.2) is 85.7 Å². The monoisotopic (exact) mass is 2080 g/mol. The van der Waals surface area contributed by atoms with Gasteiger partial charge in [0.1, 0.15) is 73.0 Å². The van der Waals surface area contributed by atoms with Crippen LogP contribution < -0.4 is 59.7 Å². The lowest BCUT2D eigenvalue weighted by Gasteiger charge is -2.27.